The number of aldehydes is 1. The molecule has 2 atom stereocenters. The number of furan rings is 1. The molecular weight excluding hydrogens is 482 g/mol. The highest BCUT2D eigenvalue weighted by molar-refractivity contribution is 6.32. The highest BCUT2D eigenvalue weighted by atomic mass is 35.5. The van der Waals surface area contributed by atoms with Gasteiger partial charge in [0.1, 0.15) is 29.2 Å². The molecule has 3 aromatic rings. The molecule has 36 heavy (non-hydrogen) atoms. The summed E-state index contributed by atoms with van der Waals surface area (Å²) in [5, 5.41) is 6.60. The monoisotopic (exact) mass is 511 g/mol. The first kappa shape index (κ1) is 25.7. The van der Waals surface area contributed by atoms with E-state index in [4.69, 9.17) is 16.0 Å². The van der Waals surface area contributed by atoms with Gasteiger partial charge in [-0.15, -0.1) is 0 Å². The summed E-state index contributed by atoms with van der Waals surface area (Å²) in [6.07, 6.45) is 0.761. The van der Waals surface area contributed by atoms with Gasteiger partial charge in [0, 0.05) is 17.1 Å². The van der Waals surface area contributed by atoms with Crippen molar-refractivity contribution in [3.8, 4) is 0 Å². The third kappa shape index (κ3) is 4.34. The Morgan fingerprint density at radius 1 is 1.06 bits per heavy atom. The van der Waals surface area contributed by atoms with E-state index in [0.717, 1.165) is 12.0 Å². The lowest BCUT2D eigenvalue weighted by Crippen LogP contribution is -2.40. The number of nitrogens with one attached hydrogen (secondary N) is 2. The number of hydrogen-bond donors (Lipinski definition) is 2. The lowest BCUT2D eigenvalue weighted by atomic mass is 9.85. The van der Waals surface area contributed by atoms with Crippen LogP contribution in [0.1, 0.15) is 68.1 Å². The predicted octanol–water partition coefficient (Wildman–Crippen LogP) is 4.96. The Kier molecular flexibility index (Phi) is 6.60. The van der Waals surface area contributed by atoms with Gasteiger partial charge in [0.2, 0.25) is 0 Å². The first-order valence-corrected chi connectivity index (χ1v) is 12.2. The molecule has 190 valence electrons. The topological polar surface area (TPSA) is 109 Å². The number of rotatable bonds is 8. The summed E-state index contributed by atoms with van der Waals surface area (Å²) in [5.74, 6) is 0.942. The zero-order chi connectivity index (χ0) is 26.5. The van der Waals surface area contributed by atoms with E-state index in [-0.39, 0.29) is 41.2 Å². The van der Waals surface area contributed by atoms with Crippen LogP contribution in [0.25, 0.3) is 0 Å². The Bertz CT molecular complexity index is 1410. The molecule has 2 N–H and O–H groups in total. The average Bonchev–Trinajstić information content (AvgIpc) is 3.38. The van der Waals surface area contributed by atoms with E-state index in [1.165, 1.54) is 4.90 Å². The fraction of sp³-hybridized carbons (Fsp3) is 0.407. The van der Waals surface area contributed by atoms with Crippen LogP contribution in [-0.4, -0.2) is 23.1 Å². The van der Waals surface area contributed by atoms with Gasteiger partial charge in [-0.25, -0.2) is 0 Å². The molecule has 0 saturated carbocycles. The second kappa shape index (κ2) is 9.24. The minimum Gasteiger partial charge on any atom is -0.464 e. The number of carbonyl (C=O) groups is 2. The van der Waals surface area contributed by atoms with Gasteiger partial charge in [0.05, 0.1) is 23.3 Å². The van der Waals surface area contributed by atoms with Crippen LogP contribution in [0.4, 0.5) is 17.1 Å². The van der Waals surface area contributed by atoms with Crippen molar-refractivity contribution in [2.45, 2.75) is 60.2 Å². The molecule has 1 aliphatic rings. The Morgan fingerprint density at radius 3 is 2.28 bits per heavy atom. The van der Waals surface area contributed by atoms with Gasteiger partial charge in [-0.2, -0.15) is 0 Å². The third-order valence-electron chi connectivity index (χ3n) is 6.61. The van der Waals surface area contributed by atoms with E-state index in [0.29, 0.717) is 27.6 Å². The summed E-state index contributed by atoms with van der Waals surface area (Å²) >= 11 is 6.40. The molecule has 0 radical (unpaired) electrons. The van der Waals surface area contributed by atoms with Crippen LogP contribution >= 0.6 is 11.6 Å². The van der Waals surface area contributed by atoms with E-state index in [1.54, 1.807) is 12.1 Å². The molecule has 1 amide bonds. The third-order valence-corrected chi connectivity index (χ3v) is 6.97. The largest absolute Gasteiger partial charge is 0.464 e. The second-order valence-corrected chi connectivity index (χ2v) is 11.1. The predicted molar refractivity (Wildman–Crippen MR) is 140 cm³/mol. The fourth-order valence-corrected chi connectivity index (χ4v) is 4.81. The minimum atomic E-state index is -0.681. The maximum atomic E-state index is 13.4. The maximum absolute atomic E-state index is 13.4. The quantitative estimate of drug-likeness (QED) is 0.325. The molecule has 0 spiro atoms. The van der Waals surface area contributed by atoms with Gasteiger partial charge in [-0.3, -0.25) is 14.4 Å². The number of carbonyl (C=O) groups excluding carboxylic acids is 2. The zero-order valence-corrected chi connectivity index (χ0v) is 21.9. The minimum absolute atomic E-state index is 0.0732. The molecule has 1 aliphatic heterocycles. The molecule has 0 fully saturated rings. The van der Waals surface area contributed by atoms with E-state index in [9.17, 15) is 19.2 Å². The van der Waals surface area contributed by atoms with E-state index >= 15 is 0 Å². The van der Waals surface area contributed by atoms with Crippen LogP contribution in [0.15, 0.2) is 38.3 Å². The van der Waals surface area contributed by atoms with Crippen LogP contribution in [0.5, 0.6) is 0 Å². The Hall–Kier alpha value is -3.39. The van der Waals surface area contributed by atoms with Crippen molar-refractivity contribution in [2.24, 2.45) is 11.3 Å². The first-order valence-electron chi connectivity index (χ1n) is 11.9. The summed E-state index contributed by atoms with van der Waals surface area (Å²) in [4.78, 5) is 51.7. The average molecular weight is 512 g/mol. The first-order chi connectivity index (χ1) is 16.8. The molecule has 0 aliphatic carbocycles. The van der Waals surface area contributed by atoms with Crippen LogP contribution in [-0.2, 0) is 11.3 Å². The summed E-state index contributed by atoms with van der Waals surface area (Å²) in [5.41, 5.74) is -0.244. The standard InChI is InChI=1S/C27H30ClN3O5/c1-13(2)18(12-32)31-11-15-16(28)8-9-17(20(15)26(31)35)29-21-22(24(34)23(21)33)30-25(27(4,5)6)19-10-7-14(3)36-19/h7-10,12-13,18,25,29-30H,11H2,1-6H3/t18?,25-/m0/s1. The zero-order valence-electron chi connectivity index (χ0n) is 21.2. The number of fused-ring (bicyclic) bond motifs is 1. The van der Waals surface area contributed by atoms with Crippen LogP contribution in [0.2, 0.25) is 5.02 Å². The molecule has 1 aromatic heterocycles. The van der Waals surface area contributed by atoms with Crippen molar-refractivity contribution < 1.29 is 14.0 Å². The number of nitrogens with zero attached hydrogens (tertiary/aromatic N) is 1. The van der Waals surface area contributed by atoms with Crippen molar-refractivity contribution in [1.82, 2.24) is 4.90 Å². The Balaban J connectivity index is 1.70. The van der Waals surface area contributed by atoms with Crippen LogP contribution in [0.3, 0.4) is 0 Å². The second-order valence-electron chi connectivity index (χ2n) is 10.7. The van der Waals surface area contributed by atoms with E-state index in [1.807, 2.05) is 53.7 Å². The number of anilines is 3. The van der Waals surface area contributed by atoms with Crippen molar-refractivity contribution in [3.63, 3.8) is 0 Å². The van der Waals surface area contributed by atoms with Gasteiger partial charge in [0.25, 0.3) is 16.8 Å². The van der Waals surface area contributed by atoms with Gasteiger partial charge >= 0.3 is 0 Å². The van der Waals surface area contributed by atoms with Gasteiger partial charge < -0.3 is 24.7 Å². The molecular formula is C27H30ClN3O5. The molecule has 8 nitrogen and oxygen atoms in total. The summed E-state index contributed by atoms with van der Waals surface area (Å²) in [6, 6.07) is 5.92. The van der Waals surface area contributed by atoms with Crippen molar-refractivity contribution >= 4 is 40.9 Å². The Morgan fingerprint density at radius 2 is 1.72 bits per heavy atom. The summed E-state index contributed by atoms with van der Waals surface area (Å²) in [6.45, 7) is 11.7. The summed E-state index contributed by atoms with van der Waals surface area (Å²) in [7, 11) is 0. The van der Waals surface area contributed by atoms with Crippen molar-refractivity contribution in [1.29, 1.82) is 0 Å². The fourth-order valence-electron chi connectivity index (χ4n) is 4.59. The van der Waals surface area contributed by atoms with Crippen LogP contribution in [0, 0.1) is 18.3 Å². The molecule has 0 bridgehead atoms. The SMILES string of the molecule is Cc1ccc([C@H](Nc2c(Nc3ccc(Cl)c4c3C(=O)N(C(C=O)C(C)C)C4)c(=O)c2=O)C(C)(C)C)o1. The number of benzene rings is 1. The normalized spacial score (nSPS) is 15.3. The smallest absolute Gasteiger partial charge is 0.257 e. The maximum Gasteiger partial charge on any atom is 0.257 e. The van der Waals surface area contributed by atoms with Crippen molar-refractivity contribution in [2.75, 3.05) is 10.6 Å². The van der Waals surface area contributed by atoms with Gasteiger partial charge in [0.15, 0.2) is 0 Å². The van der Waals surface area contributed by atoms with Crippen molar-refractivity contribution in [3.05, 3.63) is 72.4 Å². The van der Waals surface area contributed by atoms with E-state index < -0.39 is 16.9 Å². The lowest BCUT2D eigenvalue weighted by Gasteiger charge is -2.31. The number of amides is 1. The molecule has 0 saturated heterocycles. The van der Waals surface area contributed by atoms with Crippen LogP contribution < -0.4 is 21.5 Å². The molecule has 2 heterocycles. The Labute approximate surface area is 214 Å². The molecule has 1 unspecified atom stereocenters. The highest BCUT2D eigenvalue weighted by Gasteiger charge is 2.38. The highest BCUT2D eigenvalue weighted by Crippen LogP contribution is 2.40. The van der Waals surface area contributed by atoms with E-state index in [2.05, 4.69) is 10.6 Å². The number of hydrogen-bond acceptors (Lipinski definition) is 7. The summed E-state index contributed by atoms with van der Waals surface area (Å²) < 4.78 is 5.81. The number of halogens is 1. The van der Waals surface area contributed by atoms with Gasteiger partial charge in [-0.05, 0) is 42.5 Å². The number of aryl methyl sites for hydroxylation is 1. The molecule has 9 heteroatoms. The lowest BCUT2D eigenvalue weighted by molar-refractivity contribution is -0.113. The van der Waals surface area contributed by atoms with Gasteiger partial charge in [-0.1, -0.05) is 46.2 Å². The molecule has 2 aromatic carbocycles. The molecule has 4 rings (SSSR count).